The highest BCUT2D eigenvalue weighted by molar-refractivity contribution is 6.01. The zero-order chi connectivity index (χ0) is 22.9. The van der Waals surface area contributed by atoms with Gasteiger partial charge in [0.05, 0.1) is 6.61 Å². The van der Waals surface area contributed by atoms with Crippen LogP contribution in [0.25, 0.3) is 0 Å². The molecule has 166 valence electrons. The monoisotopic (exact) mass is 426 g/mol. The molecule has 0 bridgehead atoms. The Morgan fingerprint density at radius 3 is 2.29 bits per heavy atom. The first-order chi connectivity index (χ1) is 14.7. The Labute approximate surface area is 183 Å². The van der Waals surface area contributed by atoms with Gasteiger partial charge in [-0.25, -0.2) is 4.98 Å². The zero-order valence-electron chi connectivity index (χ0n) is 18.5. The Hall–Kier alpha value is -3.42. The van der Waals surface area contributed by atoms with Crippen LogP contribution in [0.5, 0.6) is 5.75 Å². The van der Waals surface area contributed by atoms with E-state index < -0.39 is 5.54 Å². The molecule has 0 saturated heterocycles. The van der Waals surface area contributed by atoms with Crippen LogP contribution in [0.2, 0.25) is 0 Å². The minimum Gasteiger partial charge on any atom is -0.494 e. The molecule has 0 unspecified atom stereocenters. The number of pyridine rings is 1. The topological polar surface area (TPSA) is 101 Å². The lowest BCUT2D eigenvalue weighted by atomic mass is 10.1. The molecule has 0 aliphatic rings. The molecular weight excluding hydrogens is 396 g/mol. The van der Waals surface area contributed by atoms with E-state index in [-0.39, 0.29) is 37.1 Å². The number of hydrogen-bond acceptors (Lipinski definition) is 5. The second kappa shape index (κ2) is 11.1. The molecule has 3 amide bonds. The smallest absolute Gasteiger partial charge is 0.240 e. The van der Waals surface area contributed by atoms with Crippen molar-refractivity contribution in [3.05, 3.63) is 48.7 Å². The lowest BCUT2D eigenvalue weighted by Gasteiger charge is -2.26. The number of hydrogen-bond donors (Lipinski definition) is 2. The molecule has 0 radical (unpaired) electrons. The Morgan fingerprint density at radius 1 is 1.00 bits per heavy atom. The van der Waals surface area contributed by atoms with Crippen molar-refractivity contribution in [1.82, 2.24) is 10.3 Å². The fourth-order valence-electron chi connectivity index (χ4n) is 2.81. The van der Waals surface area contributed by atoms with Gasteiger partial charge < -0.3 is 20.3 Å². The average molecular weight is 427 g/mol. The molecule has 0 fully saturated rings. The number of anilines is 2. The van der Waals surface area contributed by atoms with Gasteiger partial charge in [0.2, 0.25) is 17.7 Å². The molecule has 0 spiro atoms. The standard InChI is InChI=1S/C23H30N4O4/c1-5-31-18-11-9-17(10-12-18)27(16-21(29)26-23(2,3)4)22(30)14-13-20(28)25-19-8-6-7-15-24-19/h6-12,15H,5,13-14,16H2,1-4H3,(H,26,29)(H,24,25,28). The number of amides is 3. The minimum absolute atomic E-state index is 0.0240. The van der Waals surface area contributed by atoms with Gasteiger partial charge >= 0.3 is 0 Å². The SMILES string of the molecule is CCOc1ccc(N(CC(=O)NC(C)(C)C)C(=O)CCC(=O)Nc2ccccn2)cc1. The van der Waals surface area contributed by atoms with E-state index in [1.54, 1.807) is 48.7 Å². The third kappa shape index (κ3) is 8.46. The van der Waals surface area contributed by atoms with E-state index in [0.717, 1.165) is 0 Å². The Morgan fingerprint density at radius 2 is 1.71 bits per heavy atom. The van der Waals surface area contributed by atoms with Gasteiger partial charge in [-0.05, 0) is 64.1 Å². The number of rotatable bonds is 9. The van der Waals surface area contributed by atoms with E-state index in [2.05, 4.69) is 15.6 Å². The molecule has 1 aromatic carbocycles. The van der Waals surface area contributed by atoms with E-state index in [1.807, 2.05) is 27.7 Å². The van der Waals surface area contributed by atoms with Crippen LogP contribution >= 0.6 is 0 Å². The van der Waals surface area contributed by atoms with E-state index in [4.69, 9.17) is 4.74 Å². The normalized spacial score (nSPS) is 10.8. The Kier molecular flexibility index (Phi) is 8.54. The van der Waals surface area contributed by atoms with Crippen molar-refractivity contribution < 1.29 is 19.1 Å². The molecule has 8 nitrogen and oxygen atoms in total. The first-order valence-electron chi connectivity index (χ1n) is 10.2. The number of nitrogens with zero attached hydrogens (tertiary/aromatic N) is 2. The minimum atomic E-state index is -0.423. The van der Waals surface area contributed by atoms with Crippen LogP contribution in [0.1, 0.15) is 40.5 Å². The van der Waals surface area contributed by atoms with Crippen LogP contribution in [0.4, 0.5) is 11.5 Å². The highest BCUT2D eigenvalue weighted by Gasteiger charge is 2.22. The highest BCUT2D eigenvalue weighted by atomic mass is 16.5. The Balaban J connectivity index is 2.07. The molecule has 2 aromatic rings. The predicted octanol–water partition coefficient (Wildman–Crippen LogP) is 3.15. The van der Waals surface area contributed by atoms with Gasteiger partial charge in [0.15, 0.2) is 0 Å². The van der Waals surface area contributed by atoms with Gasteiger partial charge in [0, 0.05) is 30.3 Å². The molecule has 0 saturated carbocycles. The molecule has 8 heteroatoms. The third-order valence-electron chi connectivity index (χ3n) is 4.07. The van der Waals surface area contributed by atoms with Crippen LogP contribution in [0, 0.1) is 0 Å². The van der Waals surface area contributed by atoms with E-state index >= 15 is 0 Å². The molecule has 2 N–H and O–H groups in total. The summed E-state index contributed by atoms with van der Waals surface area (Å²) in [6.07, 6.45) is 1.50. The Bertz CT molecular complexity index is 877. The lowest BCUT2D eigenvalue weighted by molar-refractivity contribution is -0.125. The lowest BCUT2D eigenvalue weighted by Crippen LogP contribution is -2.47. The molecular formula is C23H30N4O4. The number of aromatic nitrogens is 1. The van der Waals surface area contributed by atoms with Gasteiger partial charge in [-0.15, -0.1) is 0 Å². The van der Waals surface area contributed by atoms with Crippen LogP contribution in [-0.2, 0) is 14.4 Å². The van der Waals surface area contributed by atoms with Crippen LogP contribution in [-0.4, -0.2) is 41.4 Å². The van der Waals surface area contributed by atoms with Gasteiger partial charge in [-0.3, -0.25) is 14.4 Å². The average Bonchev–Trinajstić information content (AvgIpc) is 2.71. The molecule has 0 atom stereocenters. The van der Waals surface area contributed by atoms with E-state index in [1.165, 1.54) is 4.90 Å². The zero-order valence-corrected chi connectivity index (χ0v) is 18.5. The highest BCUT2D eigenvalue weighted by Crippen LogP contribution is 2.21. The molecule has 0 aliphatic heterocycles. The van der Waals surface area contributed by atoms with E-state index in [9.17, 15) is 14.4 Å². The summed E-state index contributed by atoms with van der Waals surface area (Å²) in [5.41, 5.74) is 0.135. The second-order valence-corrected chi connectivity index (χ2v) is 7.97. The maximum atomic E-state index is 12.9. The summed E-state index contributed by atoms with van der Waals surface area (Å²) in [7, 11) is 0. The fourth-order valence-corrected chi connectivity index (χ4v) is 2.81. The van der Waals surface area contributed by atoms with Crippen molar-refractivity contribution in [3.8, 4) is 5.75 Å². The largest absolute Gasteiger partial charge is 0.494 e. The third-order valence-corrected chi connectivity index (χ3v) is 4.07. The molecule has 2 rings (SSSR count). The summed E-state index contributed by atoms with van der Waals surface area (Å²) >= 11 is 0. The number of ether oxygens (including phenoxy) is 1. The van der Waals surface area contributed by atoms with Crippen molar-refractivity contribution in [1.29, 1.82) is 0 Å². The number of nitrogens with one attached hydrogen (secondary N) is 2. The quantitative estimate of drug-likeness (QED) is 0.642. The van der Waals surface area contributed by atoms with E-state index in [0.29, 0.717) is 23.9 Å². The van der Waals surface area contributed by atoms with Crippen molar-refractivity contribution >= 4 is 29.2 Å². The van der Waals surface area contributed by atoms with Crippen LogP contribution in [0.15, 0.2) is 48.7 Å². The summed E-state index contributed by atoms with van der Waals surface area (Å²) in [5, 5.41) is 5.51. The van der Waals surface area contributed by atoms with Crippen LogP contribution < -0.4 is 20.3 Å². The summed E-state index contributed by atoms with van der Waals surface area (Å²) in [5.74, 6) is 0.162. The van der Waals surface area contributed by atoms with Crippen LogP contribution in [0.3, 0.4) is 0 Å². The van der Waals surface area contributed by atoms with Crippen molar-refractivity contribution in [2.75, 3.05) is 23.4 Å². The summed E-state index contributed by atoms with van der Waals surface area (Å²) in [6.45, 7) is 7.88. The van der Waals surface area contributed by atoms with Gasteiger partial charge in [-0.1, -0.05) is 6.07 Å². The maximum absolute atomic E-state index is 12.9. The predicted molar refractivity (Wildman–Crippen MR) is 120 cm³/mol. The first-order valence-corrected chi connectivity index (χ1v) is 10.2. The second-order valence-electron chi connectivity index (χ2n) is 7.97. The molecule has 1 heterocycles. The molecule has 31 heavy (non-hydrogen) atoms. The van der Waals surface area contributed by atoms with Crippen molar-refractivity contribution in [2.45, 2.75) is 46.1 Å². The van der Waals surface area contributed by atoms with Gasteiger partial charge in [-0.2, -0.15) is 0 Å². The number of carbonyl (C=O) groups is 3. The van der Waals surface area contributed by atoms with Gasteiger partial charge in [0.25, 0.3) is 0 Å². The first kappa shape index (κ1) is 23.9. The summed E-state index contributed by atoms with van der Waals surface area (Å²) in [6, 6.07) is 12.1. The molecule has 1 aromatic heterocycles. The van der Waals surface area contributed by atoms with Crippen molar-refractivity contribution in [2.24, 2.45) is 0 Å². The molecule has 0 aliphatic carbocycles. The van der Waals surface area contributed by atoms with Gasteiger partial charge in [0.1, 0.15) is 18.1 Å². The summed E-state index contributed by atoms with van der Waals surface area (Å²) < 4.78 is 5.44. The fraction of sp³-hybridized carbons (Fsp3) is 0.391. The maximum Gasteiger partial charge on any atom is 0.240 e. The number of carbonyl (C=O) groups excluding carboxylic acids is 3. The summed E-state index contributed by atoms with van der Waals surface area (Å²) in [4.78, 5) is 43.0. The van der Waals surface area contributed by atoms with Crippen molar-refractivity contribution in [3.63, 3.8) is 0 Å². The number of benzene rings is 1.